The summed E-state index contributed by atoms with van der Waals surface area (Å²) in [5.74, 6) is -5.34. The van der Waals surface area contributed by atoms with Gasteiger partial charge in [0.25, 0.3) is 5.91 Å². The first kappa shape index (κ1) is 17.5. The molecule has 1 amide bonds. The largest absolute Gasteiger partial charge is 0.366 e. The van der Waals surface area contributed by atoms with Crippen molar-refractivity contribution in [2.24, 2.45) is 0 Å². The van der Waals surface area contributed by atoms with Gasteiger partial charge in [-0.25, -0.2) is 17.6 Å². The number of halogens is 5. The Morgan fingerprint density at radius 3 is 2.20 bits per heavy atom. The Morgan fingerprint density at radius 2 is 1.56 bits per heavy atom. The number of rotatable bonds is 2. The summed E-state index contributed by atoms with van der Waals surface area (Å²) in [6, 6.07) is 5.97. The minimum Gasteiger partial charge on any atom is -0.366 e. The van der Waals surface area contributed by atoms with Gasteiger partial charge in [-0.3, -0.25) is 4.79 Å². The van der Waals surface area contributed by atoms with Crippen LogP contribution in [0.25, 0.3) is 0 Å². The highest BCUT2D eigenvalue weighted by molar-refractivity contribution is 6.33. The second-order valence-corrected chi connectivity index (χ2v) is 5.98. The van der Waals surface area contributed by atoms with Crippen LogP contribution < -0.4 is 4.90 Å². The lowest BCUT2D eigenvalue weighted by Gasteiger charge is -2.36. The van der Waals surface area contributed by atoms with E-state index in [0.29, 0.717) is 0 Å². The van der Waals surface area contributed by atoms with Gasteiger partial charge in [0.05, 0.1) is 16.3 Å². The molecule has 1 aliphatic rings. The third-order valence-electron chi connectivity index (χ3n) is 4.10. The zero-order chi connectivity index (χ0) is 18.1. The van der Waals surface area contributed by atoms with E-state index in [1.807, 2.05) is 0 Å². The summed E-state index contributed by atoms with van der Waals surface area (Å²) in [4.78, 5) is 15.3. The van der Waals surface area contributed by atoms with E-state index in [1.54, 1.807) is 0 Å². The van der Waals surface area contributed by atoms with Crippen molar-refractivity contribution in [1.82, 2.24) is 4.90 Å². The Morgan fingerprint density at radius 1 is 0.880 bits per heavy atom. The standard InChI is InChI=1S/C17H13ClF4N2O/c18-10-2-1-3-11(19)14(10)17(25)24-8-6-23(7-9-24)13-5-4-12(20)15(21)16(13)22/h1-5H,6-9H2. The average molecular weight is 373 g/mol. The van der Waals surface area contributed by atoms with Crippen molar-refractivity contribution < 1.29 is 22.4 Å². The fourth-order valence-electron chi connectivity index (χ4n) is 2.77. The van der Waals surface area contributed by atoms with Crippen LogP contribution in [0, 0.1) is 23.3 Å². The number of amides is 1. The van der Waals surface area contributed by atoms with E-state index in [4.69, 9.17) is 11.6 Å². The van der Waals surface area contributed by atoms with E-state index >= 15 is 0 Å². The zero-order valence-electron chi connectivity index (χ0n) is 12.9. The lowest BCUT2D eigenvalue weighted by atomic mass is 10.1. The van der Waals surface area contributed by atoms with Crippen molar-refractivity contribution in [2.45, 2.75) is 0 Å². The summed E-state index contributed by atoms with van der Waals surface area (Å²) in [6.07, 6.45) is 0. The first-order valence-electron chi connectivity index (χ1n) is 7.52. The predicted molar refractivity (Wildman–Crippen MR) is 85.8 cm³/mol. The van der Waals surface area contributed by atoms with Crippen molar-refractivity contribution in [3.8, 4) is 0 Å². The minimum absolute atomic E-state index is 0.0130. The molecule has 132 valence electrons. The Balaban J connectivity index is 1.74. The van der Waals surface area contributed by atoms with Crippen LogP contribution in [0.5, 0.6) is 0 Å². The van der Waals surface area contributed by atoms with Crippen molar-refractivity contribution in [3.05, 3.63) is 64.2 Å². The van der Waals surface area contributed by atoms with Crippen LogP contribution in [0.4, 0.5) is 23.2 Å². The first-order chi connectivity index (χ1) is 11.9. The van der Waals surface area contributed by atoms with Gasteiger partial charge in [0.1, 0.15) is 5.82 Å². The molecule has 0 atom stereocenters. The van der Waals surface area contributed by atoms with E-state index in [-0.39, 0.29) is 42.5 Å². The summed E-state index contributed by atoms with van der Waals surface area (Å²) in [6.45, 7) is 0.726. The molecule has 1 heterocycles. The summed E-state index contributed by atoms with van der Waals surface area (Å²) in [5.41, 5.74) is -0.286. The number of hydrogen-bond donors (Lipinski definition) is 0. The lowest BCUT2D eigenvalue weighted by molar-refractivity contribution is 0.0742. The zero-order valence-corrected chi connectivity index (χ0v) is 13.7. The molecule has 0 aliphatic carbocycles. The molecule has 25 heavy (non-hydrogen) atoms. The smallest absolute Gasteiger partial charge is 0.258 e. The van der Waals surface area contributed by atoms with Crippen LogP contribution >= 0.6 is 11.6 Å². The fraction of sp³-hybridized carbons (Fsp3) is 0.235. The molecule has 0 bridgehead atoms. The molecule has 2 aromatic rings. The predicted octanol–water partition coefficient (Wildman–Crippen LogP) is 3.86. The molecule has 0 radical (unpaired) electrons. The summed E-state index contributed by atoms with van der Waals surface area (Å²) in [7, 11) is 0. The van der Waals surface area contributed by atoms with Gasteiger partial charge in [-0.05, 0) is 24.3 Å². The maximum absolute atomic E-state index is 13.9. The van der Waals surface area contributed by atoms with Gasteiger partial charge in [0, 0.05) is 26.2 Å². The molecule has 8 heteroatoms. The Hall–Kier alpha value is -2.28. The van der Waals surface area contributed by atoms with Crippen LogP contribution in [0.2, 0.25) is 5.02 Å². The molecular formula is C17H13ClF4N2O. The highest BCUT2D eigenvalue weighted by Gasteiger charge is 2.27. The number of nitrogens with zero attached hydrogens (tertiary/aromatic N) is 2. The third-order valence-corrected chi connectivity index (χ3v) is 4.41. The monoisotopic (exact) mass is 372 g/mol. The molecule has 1 fully saturated rings. The Kier molecular flexibility index (Phi) is 4.85. The second kappa shape index (κ2) is 6.92. The van der Waals surface area contributed by atoms with Gasteiger partial charge < -0.3 is 9.80 Å². The van der Waals surface area contributed by atoms with Gasteiger partial charge in [0.15, 0.2) is 17.5 Å². The Labute approximate surface area is 146 Å². The summed E-state index contributed by atoms with van der Waals surface area (Å²) < 4.78 is 54.1. The van der Waals surface area contributed by atoms with Crippen molar-refractivity contribution in [2.75, 3.05) is 31.1 Å². The van der Waals surface area contributed by atoms with Gasteiger partial charge in [0.2, 0.25) is 0 Å². The number of carbonyl (C=O) groups is 1. The normalized spacial score (nSPS) is 14.8. The molecule has 2 aromatic carbocycles. The molecule has 0 spiro atoms. The van der Waals surface area contributed by atoms with Crippen LogP contribution in [0.15, 0.2) is 30.3 Å². The summed E-state index contributed by atoms with van der Waals surface area (Å²) in [5, 5.41) is 0.0130. The van der Waals surface area contributed by atoms with Gasteiger partial charge in [-0.1, -0.05) is 17.7 Å². The van der Waals surface area contributed by atoms with Crippen LogP contribution in [-0.4, -0.2) is 37.0 Å². The van der Waals surface area contributed by atoms with E-state index in [1.165, 1.54) is 21.9 Å². The molecule has 0 saturated carbocycles. The van der Waals surface area contributed by atoms with Crippen LogP contribution in [0.1, 0.15) is 10.4 Å². The molecule has 3 nitrogen and oxygen atoms in total. The molecule has 1 saturated heterocycles. The molecule has 0 unspecified atom stereocenters. The fourth-order valence-corrected chi connectivity index (χ4v) is 3.01. The van der Waals surface area contributed by atoms with E-state index in [0.717, 1.165) is 18.2 Å². The van der Waals surface area contributed by atoms with Crippen molar-refractivity contribution in [1.29, 1.82) is 0 Å². The van der Waals surface area contributed by atoms with E-state index in [2.05, 4.69) is 0 Å². The number of carbonyl (C=O) groups excluding carboxylic acids is 1. The lowest BCUT2D eigenvalue weighted by Crippen LogP contribution is -2.49. The molecule has 3 rings (SSSR count). The second-order valence-electron chi connectivity index (χ2n) is 5.57. The minimum atomic E-state index is -1.53. The van der Waals surface area contributed by atoms with E-state index < -0.39 is 29.2 Å². The topological polar surface area (TPSA) is 23.6 Å². The average Bonchev–Trinajstić information content (AvgIpc) is 2.60. The SMILES string of the molecule is O=C(c1c(F)cccc1Cl)N1CCN(c2ccc(F)c(F)c2F)CC1. The quantitative estimate of drug-likeness (QED) is 0.590. The number of hydrogen-bond acceptors (Lipinski definition) is 2. The van der Waals surface area contributed by atoms with Crippen LogP contribution in [0.3, 0.4) is 0 Å². The Bertz CT molecular complexity index is 802. The van der Waals surface area contributed by atoms with E-state index in [9.17, 15) is 22.4 Å². The maximum atomic E-state index is 13.9. The number of piperazine rings is 1. The highest BCUT2D eigenvalue weighted by atomic mass is 35.5. The number of anilines is 1. The highest BCUT2D eigenvalue weighted by Crippen LogP contribution is 2.26. The third kappa shape index (κ3) is 3.28. The maximum Gasteiger partial charge on any atom is 0.258 e. The van der Waals surface area contributed by atoms with Crippen molar-refractivity contribution in [3.63, 3.8) is 0 Å². The van der Waals surface area contributed by atoms with Gasteiger partial charge in [-0.2, -0.15) is 0 Å². The summed E-state index contributed by atoms with van der Waals surface area (Å²) >= 11 is 5.90. The van der Waals surface area contributed by atoms with Crippen molar-refractivity contribution >= 4 is 23.2 Å². The molecule has 0 N–H and O–H groups in total. The van der Waals surface area contributed by atoms with Crippen LogP contribution in [-0.2, 0) is 0 Å². The molecule has 0 aromatic heterocycles. The number of benzene rings is 2. The molecular weight excluding hydrogens is 360 g/mol. The first-order valence-corrected chi connectivity index (χ1v) is 7.89. The molecule has 1 aliphatic heterocycles. The van der Waals surface area contributed by atoms with Gasteiger partial charge >= 0.3 is 0 Å². The van der Waals surface area contributed by atoms with Gasteiger partial charge in [-0.15, -0.1) is 0 Å².